The van der Waals surface area contributed by atoms with E-state index < -0.39 is 0 Å². The van der Waals surface area contributed by atoms with Gasteiger partial charge in [0, 0.05) is 18.5 Å². The number of carbonyl (C=O) groups excluding carboxylic acids is 1. The first-order valence-electron chi connectivity index (χ1n) is 11.1. The SMILES string of the molecule is CC(NC1CCCCC1)C(=O)NCCCC(c1ccc(F)cc1)c1ccc(F)cc1. The normalized spacial score (nSPS) is 15.9. The van der Waals surface area contributed by atoms with E-state index in [1.54, 1.807) is 24.3 Å². The van der Waals surface area contributed by atoms with Gasteiger partial charge in [-0.2, -0.15) is 0 Å². The molecule has 1 saturated carbocycles. The van der Waals surface area contributed by atoms with E-state index in [1.807, 2.05) is 6.92 Å². The van der Waals surface area contributed by atoms with Crippen LogP contribution < -0.4 is 10.6 Å². The Morgan fingerprint density at radius 1 is 0.933 bits per heavy atom. The fourth-order valence-electron chi connectivity index (χ4n) is 4.29. The molecule has 0 heterocycles. The highest BCUT2D eigenvalue weighted by atomic mass is 19.1. The van der Waals surface area contributed by atoms with Crippen LogP contribution in [0.15, 0.2) is 48.5 Å². The van der Waals surface area contributed by atoms with Gasteiger partial charge in [-0.1, -0.05) is 43.5 Å². The molecule has 3 rings (SSSR count). The van der Waals surface area contributed by atoms with Crippen molar-refractivity contribution in [2.45, 2.75) is 69.9 Å². The van der Waals surface area contributed by atoms with Crippen LogP contribution in [-0.4, -0.2) is 24.5 Å². The van der Waals surface area contributed by atoms with Crippen LogP contribution in [0.25, 0.3) is 0 Å². The molecule has 5 heteroatoms. The average molecular weight is 415 g/mol. The van der Waals surface area contributed by atoms with Gasteiger partial charge in [-0.15, -0.1) is 0 Å². The Hall–Kier alpha value is -2.27. The lowest BCUT2D eigenvalue weighted by Crippen LogP contribution is -2.47. The Labute approximate surface area is 178 Å². The van der Waals surface area contributed by atoms with E-state index >= 15 is 0 Å². The van der Waals surface area contributed by atoms with Crippen molar-refractivity contribution in [1.82, 2.24) is 10.6 Å². The number of halogens is 2. The highest BCUT2D eigenvalue weighted by Crippen LogP contribution is 2.29. The number of rotatable bonds is 9. The Morgan fingerprint density at radius 3 is 2.00 bits per heavy atom. The van der Waals surface area contributed by atoms with Crippen molar-refractivity contribution in [3.63, 3.8) is 0 Å². The molecule has 2 aromatic rings. The van der Waals surface area contributed by atoms with E-state index in [1.165, 1.54) is 43.5 Å². The Kier molecular flexibility index (Phi) is 8.38. The minimum absolute atomic E-state index is 0.0284. The zero-order chi connectivity index (χ0) is 21.3. The highest BCUT2D eigenvalue weighted by molar-refractivity contribution is 5.81. The summed E-state index contributed by atoms with van der Waals surface area (Å²) in [5.74, 6) is -0.492. The summed E-state index contributed by atoms with van der Waals surface area (Å²) in [6.07, 6.45) is 7.62. The van der Waals surface area contributed by atoms with E-state index in [4.69, 9.17) is 0 Å². The second-order valence-electron chi connectivity index (χ2n) is 8.31. The maximum atomic E-state index is 13.3. The van der Waals surface area contributed by atoms with Crippen molar-refractivity contribution in [2.24, 2.45) is 0 Å². The second kappa shape index (κ2) is 11.2. The highest BCUT2D eigenvalue weighted by Gasteiger charge is 2.20. The van der Waals surface area contributed by atoms with Gasteiger partial charge >= 0.3 is 0 Å². The number of benzene rings is 2. The molecule has 1 aliphatic rings. The summed E-state index contributed by atoms with van der Waals surface area (Å²) < 4.78 is 26.7. The van der Waals surface area contributed by atoms with Crippen molar-refractivity contribution in [1.29, 1.82) is 0 Å². The maximum absolute atomic E-state index is 13.3. The van der Waals surface area contributed by atoms with Crippen LogP contribution in [0.2, 0.25) is 0 Å². The molecule has 30 heavy (non-hydrogen) atoms. The third-order valence-electron chi connectivity index (χ3n) is 6.00. The lowest BCUT2D eigenvalue weighted by molar-refractivity contribution is -0.123. The van der Waals surface area contributed by atoms with Gasteiger partial charge in [0.25, 0.3) is 0 Å². The Morgan fingerprint density at radius 2 is 1.47 bits per heavy atom. The molecule has 0 aromatic heterocycles. The summed E-state index contributed by atoms with van der Waals surface area (Å²) in [7, 11) is 0. The van der Waals surface area contributed by atoms with Crippen LogP contribution in [0.3, 0.4) is 0 Å². The Bertz CT molecular complexity index is 740. The molecule has 1 unspecified atom stereocenters. The van der Waals surface area contributed by atoms with Gasteiger partial charge in [-0.3, -0.25) is 4.79 Å². The topological polar surface area (TPSA) is 41.1 Å². The average Bonchev–Trinajstić information content (AvgIpc) is 2.76. The predicted molar refractivity (Wildman–Crippen MR) is 116 cm³/mol. The first kappa shape index (κ1) is 22.4. The summed E-state index contributed by atoms with van der Waals surface area (Å²) in [6.45, 7) is 2.50. The van der Waals surface area contributed by atoms with Gasteiger partial charge in [0.05, 0.1) is 6.04 Å². The monoisotopic (exact) mass is 414 g/mol. The van der Waals surface area contributed by atoms with Gasteiger partial charge in [0.2, 0.25) is 5.91 Å². The molecular formula is C25H32F2N2O. The molecule has 1 aliphatic carbocycles. The molecule has 0 spiro atoms. The third kappa shape index (κ3) is 6.63. The van der Waals surface area contributed by atoms with Gasteiger partial charge < -0.3 is 10.6 Å². The minimum Gasteiger partial charge on any atom is -0.355 e. The molecule has 162 valence electrons. The molecule has 1 fully saturated rings. The predicted octanol–water partition coefficient (Wildman–Crippen LogP) is 5.30. The van der Waals surface area contributed by atoms with E-state index in [9.17, 15) is 13.6 Å². The molecule has 2 aromatic carbocycles. The van der Waals surface area contributed by atoms with Crippen LogP contribution in [0.4, 0.5) is 8.78 Å². The summed E-state index contributed by atoms with van der Waals surface area (Å²) in [5, 5.41) is 6.47. The molecule has 0 saturated heterocycles. The summed E-state index contributed by atoms with van der Waals surface area (Å²) in [5.41, 5.74) is 1.98. The first-order valence-corrected chi connectivity index (χ1v) is 11.1. The number of amides is 1. The van der Waals surface area contributed by atoms with Gasteiger partial charge in [0.1, 0.15) is 11.6 Å². The van der Waals surface area contributed by atoms with Gasteiger partial charge in [-0.25, -0.2) is 8.78 Å². The number of hydrogen-bond donors (Lipinski definition) is 2. The van der Waals surface area contributed by atoms with Crippen molar-refractivity contribution < 1.29 is 13.6 Å². The summed E-state index contributed by atoms with van der Waals surface area (Å²) in [4.78, 5) is 12.4. The fourth-order valence-corrected chi connectivity index (χ4v) is 4.29. The largest absolute Gasteiger partial charge is 0.355 e. The van der Waals surface area contributed by atoms with Crippen molar-refractivity contribution in [3.05, 3.63) is 71.3 Å². The number of nitrogens with one attached hydrogen (secondary N) is 2. The van der Waals surface area contributed by atoms with E-state index in [0.717, 1.165) is 36.8 Å². The second-order valence-corrected chi connectivity index (χ2v) is 8.31. The summed E-state index contributed by atoms with van der Waals surface area (Å²) in [6, 6.07) is 13.2. The molecule has 0 radical (unpaired) electrons. The number of carbonyl (C=O) groups is 1. The zero-order valence-corrected chi connectivity index (χ0v) is 17.7. The van der Waals surface area contributed by atoms with Crippen LogP contribution in [0.5, 0.6) is 0 Å². The van der Waals surface area contributed by atoms with E-state index in [-0.39, 0.29) is 29.5 Å². The molecule has 3 nitrogen and oxygen atoms in total. The lowest BCUT2D eigenvalue weighted by atomic mass is 9.87. The van der Waals surface area contributed by atoms with Crippen molar-refractivity contribution in [3.8, 4) is 0 Å². The smallest absolute Gasteiger partial charge is 0.236 e. The maximum Gasteiger partial charge on any atom is 0.236 e. The quantitative estimate of drug-likeness (QED) is 0.547. The van der Waals surface area contributed by atoms with Crippen LogP contribution in [0, 0.1) is 11.6 Å². The molecule has 1 amide bonds. The third-order valence-corrected chi connectivity index (χ3v) is 6.00. The van der Waals surface area contributed by atoms with Crippen molar-refractivity contribution in [2.75, 3.05) is 6.54 Å². The zero-order valence-electron chi connectivity index (χ0n) is 17.7. The molecular weight excluding hydrogens is 382 g/mol. The van der Waals surface area contributed by atoms with E-state index in [2.05, 4.69) is 10.6 Å². The Balaban J connectivity index is 1.52. The minimum atomic E-state index is -0.275. The van der Waals surface area contributed by atoms with Gasteiger partial charge in [0.15, 0.2) is 0 Å². The van der Waals surface area contributed by atoms with E-state index in [0.29, 0.717) is 12.6 Å². The van der Waals surface area contributed by atoms with Crippen LogP contribution in [-0.2, 0) is 4.79 Å². The van der Waals surface area contributed by atoms with Crippen LogP contribution >= 0.6 is 0 Å². The first-order chi connectivity index (χ1) is 14.5. The standard InChI is InChI=1S/C25H32F2N2O/c1-18(29-23-6-3-2-4-7-23)25(30)28-17-5-8-24(19-9-13-21(26)14-10-19)20-11-15-22(27)16-12-20/h9-16,18,23-24,29H,2-8,17H2,1H3,(H,28,30). The van der Waals surface area contributed by atoms with Crippen LogP contribution in [0.1, 0.15) is 68.9 Å². The fraction of sp³-hybridized carbons (Fsp3) is 0.480. The molecule has 1 atom stereocenters. The van der Waals surface area contributed by atoms with Crippen molar-refractivity contribution >= 4 is 5.91 Å². The number of hydrogen-bond acceptors (Lipinski definition) is 2. The molecule has 0 aliphatic heterocycles. The molecule has 2 N–H and O–H groups in total. The summed E-state index contributed by atoms with van der Waals surface area (Å²) >= 11 is 0. The van der Waals surface area contributed by atoms with Gasteiger partial charge in [-0.05, 0) is 68.0 Å². The molecule has 0 bridgehead atoms. The lowest BCUT2D eigenvalue weighted by Gasteiger charge is -2.26.